The summed E-state index contributed by atoms with van der Waals surface area (Å²) in [5, 5.41) is 4.90. The van der Waals surface area contributed by atoms with Gasteiger partial charge in [-0.2, -0.15) is 0 Å². The van der Waals surface area contributed by atoms with E-state index < -0.39 is 0 Å². The maximum atomic E-state index is 6.04. The first kappa shape index (κ1) is 17.0. The quantitative estimate of drug-likeness (QED) is 0.549. The molecular weight excluding hydrogens is 344 g/mol. The van der Waals surface area contributed by atoms with Crippen LogP contribution in [-0.4, -0.2) is 11.5 Å². The van der Waals surface area contributed by atoms with Crippen LogP contribution in [0.5, 0.6) is 5.75 Å². The van der Waals surface area contributed by atoms with Crippen molar-refractivity contribution in [2.75, 3.05) is 6.54 Å². The number of para-hydroxylation sites is 1. The molecule has 1 aliphatic heterocycles. The van der Waals surface area contributed by atoms with Crippen LogP contribution in [0.15, 0.2) is 85.1 Å². The zero-order valence-electron chi connectivity index (χ0n) is 15.6. The molecule has 0 saturated carbocycles. The van der Waals surface area contributed by atoms with Crippen LogP contribution in [-0.2, 0) is 13.0 Å². The molecule has 138 valence electrons. The summed E-state index contributed by atoms with van der Waals surface area (Å²) >= 11 is 0. The van der Waals surface area contributed by atoms with Crippen molar-refractivity contribution in [3.8, 4) is 5.75 Å². The third kappa shape index (κ3) is 3.25. The minimum atomic E-state index is 0.180. The molecule has 5 rings (SSSR count). The molecule has 28 heavy (non-hydrogen) atoms. The number of rotatable bonds is 4. The molecule has 3 heteroatoms. The van der Waals surface area contributed by atoms with E-state index >= 15 is 0 Å². The van der Waals surface area contributed by atoms with E-state index in [2.05, 4.69) is 64.9 Å². The molecule has 0 bridgehead atoms. The van der Waals surface area contributed by atoms with E-state index in [1.54, 1.807) is 0 Å². The first-order valence-corrected chi connectivity index (χ1v) is 9.75. The average Bonchev–Trinajstić information content (AvgIpc) is 2.77. The minimum Gasteiger partial charge on any atom is -0.489 e. The molecular formula is C25H22N2O. The summed E-state index contributed by atoms with van der Waals surface area (Å²) in [6.45, 7) is 1.55. The molecule has 2 heterocycles. The number of pyridine rings is 1. The van der Waals surface area contributed by atoms with Gasteiger partial charge >= 0.3 is 0 Å². The first-order valence-electron chi connectivity index (χ1n) is 9.75. The van der Waals surface area contributed by atoms with E-state index in [0.717, 1.165) is 24.2 Å². The van der Waals surface area contributed by atoms with Crippen LogP contribution in [0.2, 0.25) is 0 Å². The molecule has 4 aromatic rings. The zero-order chi connectivity index (χ0) is 18.8. The van der Waals surface area contributed by atoms with Gasteiger partial charge < -0.3 is 10.1 Å². The van der Waals surface area contributed by atoms with Crippen molar-refractivity contribution < 1.29 is 4.74 Å². The molecule has 1 aliphatic rings. The van der Waals surface area contributed by atoms with Gasteiger partial charge in [-0.15, -0.1) is 0 Å². The van der Waals surface area contributed by atoms with Gasteiger partial charge in [0.1, 0.15) is 12.4 Å². The lowest BCUT2D eigenvalue weighted by atomic mass is 9.88. The maximum Gasteiger partial charge on any atom is 0.120 e. The molecule has 0 amide bonds. The van der Waals surface area contributed by atoms with E-state index in [-0.39, 0.29) is 6.04 Å². The van der Waals surface area contributed by atoms with Crippen molar-refractivity contribution in [3.63, 3.8) is 0 Å². The molecule has 0 fully saturated rings. The zero-order valence-corrected chi connectivity index (χ0v) is 15.6. The van der Waals surface area contributed by atoms with Crippen LogP contribution < -0.4 is 10.1 Å². The van der Waals surface area contributed by atoms with Crippen LogP contribution in [0.3, 0.4) is 0 Å². The molecule has 0 saturated heterocycles. The van der Waals surface area contributed by atoms with Gasteiger partial charge in [0.25, 0.3) is 0 Å². The third-order valence-corrected chi connectivity index (χ3v) is 5.41. The fraction of sp³-hybridized carbons (Fsp3) is 0.160. The van der Waals surface area contributed by atoms with Gasteiger partial charge in [0.15, 0.2) is 0 Å². The van der Waals surface area contributed by atoms with Crippen molar-refractivity contribution in [1.29, 1.82) is 0 Å². The standard InChI is InChI=1S/C25H22N2O/c1-2-6-18(7-3-1)17-28-20-10-11-21-19(16-20)12-14-27-25(21)23-13-15-26-24-9-5-4-8-22(23)24/h1-11,13,15-16,25,27H,12,14,17H2. The maximum absolute atomic E-state index is 6.04. The van der Waals surface area contributed by atoms with E-state index in [1.165, 1.54) is 27.6 Å². The summed E-state index contributed by atoms with van der Waals surface area (Å²) in [5.41, 5.74) is 6.19. The second-order valence-corrected chi connectivity index (χ2v) is 7.19. The van der Waals surface area contributed by atoms with Gasteiger partial charge in [0, 0.05) is 18.1 Å². The summed E-state index contributed by atoms with van der Waals surface area (Å²) in [7, 11) is 0. The largest absolute Gasteiger partial charge is 0.489 e. The molecule has 0 aliphatic carbocycles. The summed E-state index contributed by atoms with van der Waals surface area (Å²) in [6, 6.07) is 27.5. The van der Waals surface area contributed by atoms with Crippen molar-refractivity contribution >= 4 is 10.9 Å². The van der Waals surface area contributed by atoms with Crippen molar-refractivity contribution in [2.24, 2.45) is 0 Å². The molecule has 1 aromatic heterocycles. The highest BCUT2D eigenvalue weighted by atomic mass is 16.5. The van der Waals surface area contributed by atoms with Crippen LogP contribution in [0.4, 0.5) is 0 Å². The second-order valence-electron chi connectivity index (χ2n) is 7.19. The third-order valence-electron chi connectivity index (χ3n) is 5.41. The number of nitrogens with one attached hydrogen (secondary N) is 1. The Morgan fingerprint density at radius 1 is 0.893 bits per heavy atom. The van der Waals surface area contributed by atoms with Crippen LogP contribution >= 0.6 is 0 Å². The van der Waals surface area contributed by atoms with Gasteiger partial charge in [-0.3, -0.25) is 4.98 Å². The molecule has 0 spiro atoms. The Morgan fingerprint density at radius 3 is 2.68 bits per heavy atom. The highest BCUT2D eigenvalue weighted by Crippen LogP contribution is 2.34. The van der Waals surface area contributed by atoms with Crippen LogP contribution in [0, 0.1) is 0 Å². The van der Waals surface area contributed by atoms with E-state index in [0.29, 0.717) is 6.61 Å². The summed E-state index contributed by atoms with van der Waals surface area (Å²) in [4.78, 5) is 4.51. The Kier molecular flexibility index (Phi) is 4.51. The molecule has 1 unspecified atom stereocenters. The number of ether oxygens (including phenoxy) is 1. The van der Waals surface area contributed by atoms with Crippen molar-refractivity contribution in [1.82, 2.24) is 10.3 Å². The number of aromatic nitrogens is 1. The molecule has 3 nitrogen and oxygen atoms in total. The average molecular weight is 366 g/mol. The summed E-state index contributed by atoms with van der Waals surface area (Å²) in [6.07, 6.45) is 2.92. The Morgan fingerprint density at radius 2 is 1.75 bits per heavy atom. The fourth-order valence-electron chi connectivity index (χ4n) is 4.02. The lowest BCUT2D eigenvalue weighted by Gasteiger charge is -2.28. The molecule has 1 atom stereocenters. The monoisotopic (exact) mass is 366 g/mol. The number of nitrogens with zero attached hydrogens (tertiary/aromatic N) is 1. The normalized spacial score (nSPS) is 15.9. The molecule has 0 radical (unpaired) electrons. The highest BCUT2D eigenvalue weighted by molar-refractivity contribution is 5.83. The second kappa shape index (κ2) is 7.45. The minimum absolute atomic E-state index is 0.180. The van der Waals surface area contributed by atoms with E-state index in [4.69, 9.17) is 4.74 Å². The highest BCUT2D eigenvalue weighted by Gasteiger charge is 2.23. The van der Waals surface area contributed by atoms with Gasteiger partial charge in [-0.05, 0) is 52.9 Å². The van der Waals surface area contributed by atoms with Crippen molar-refractivity contribution in [2.45, 2.75) is 19.1 Å². The van der Waals surface area contributed by atoms with Gasteiger partial charge in [0.2, 0.25) is 0 Å². The Bertz CT molecular complexity index is 1100. The number of hydrogen-bond donors (Lipinski definition) is 1. The summed E-state index contributed by atoms with van der Waals surface area (Å²) in [5.74, 6) is 0.933. The van der Waals surface area contributed by atoms with Gasteiger partial charge in [-0.25, -0.2) is 0 Å². The fourth-order valence-corrected chi connectivity index (χ4v) is 4.02. The number of hydrogen-bond acceptors (Lipinski definition) is 3. The Hall–Kier alpha value is -3.17. The molecule has 3 aromatic carbocycles. The van der Waals surface area contributed by atoms with Crippen LogP contribution in [0.25, 0.3) is 10.9 Å². The SMILES string of the molecule is c1ccc(COc2ccc3c(c2)CCNC3c2ccnc3ccccc23)cc1. The summed E-state index contributed by atoms with van der Waals surface area (Å²) < 4.78 is 6.04. The van der Waals surface area contributed by atoms with Gasteiger partial charge in [-0.1, -0.05) is 54.6 Å². The smallest absolute Gasteiger partial charge is 0.120 e. The Balaban J connectivity index is 1.45. The van der Waals surface area contributed by atoms with E-state index in [1.807, 2.05) is 30.5 Å². The first-order chi connectivity index (χ1) is 13.9. The topological polar surface area (TPSA) is 34.1 Å². The number of benzene rings is 3. The van der Waals surface area contributed by atoms with Crippen LogP contribution in [0.1, 0.15) is 28.3 Å². The Labute approximate surface area is 165 Å². The molecule has 1 N–H and O–H groups in total. The lowest BCUT2D eigenvalue weighted by molar-refractivity contribution is 0.305. The lowest BCUT2D eigenvalue weighted by Crippen LogP contribution is -2.30. The van der Waals surface area contributed by atoms with Crippen molar-refractivity contribution in [3.05, 3.63) is 107 Å². The number of fused-ring (bicyclic) bond motifs is 2. The predicted octanol–water partition coefficient (Wildman–Crippen LogP) is 5.05. The van der Waals surface area contributed by atoms with E-state index in [9.17, 15) is 0 Å². The van der Waals surface area contributed by atoms with Gasteiger partial charge in [0.05, 0.1) is 11.6 Å². The predicted molar refractivity (Wildman–Crippen MR) is 113 cm³/mol.